The highest BCUT2D eigenvalue weighted by Crippen LogP contribution is 2.26. The van der Waals surface area contributed by atoms with Gasteiger partial charge in [-0.05, 0) is 18.6 Å². The van der Waals surface area contributed by atoms with E-state index >= 15 is 0 Å². The summed E-state index contributed by atoms with van der Waals surface area (Å²) in [5.74, 6) is 0. The van der Waals surface area contributed by atoms with Gasteiger partial charge in [-0.2, -0.15) is 13.2 Å². The summed E-state index contributed by atoms with van der Waals surface area (Å²) in [6, 6.07) is 5.60. The van der Waals surface area contributed by atoms with Gasteiger partial charge >= 0.3 is 6.18 Å². The molecule has 0 aromatic heterocycles. The van der Waals surface area contributed by atoms with Crippen LogP contribution in [-0.2, 0) is 6.54 Å². The number of nitrogens with one attached hydrogen (secondary N) is 1. The maximum absolute atomic E-state index is 12.7. The summed E-state index contributed by atoms with van der Waals surface area (Å²) in [4.78, 5) is 1.18. The summed E-state index contributed by atoms with van der Waals surface area (Å²) in [6.45, 7) is 4.94. The van der Waals surface area contributed by atoms with Gasteiger partial charge < -0.3 is 15.3 Å². The molecule has 0 saturated heterocycles. The van der Waals surface area contributed by atoms with Gasteiger partial charge in [0.2, 0.25) is 0 Å². The molecule has 0 aliphatic heterocycles. The van der Waals surface area contributed by atoms with Crippen LogP contribution in [0.1, 0.15) is 25.0 Å². The zero-order chi connectivity index (χ0) is 16.0. The van der Waals surface area contributed by atoms with Crippen LogP contribution in [0, 0.1) is 6.92 Å². The first-order valence-corrected chi connectivity index (χ1v) is 6.98. The van der Waals surface area contributed by atoms with Gasteiger partial charge in [-0.15, -0.1) is 0 Å². The number of benzene rings is 1. The second kappa shape index (κ2) is 7.66. The van der Waals surface area contributed by atoms with Gasteiger partial charge in [-0.1, -0.05) is 31.5 Å². The molecule has 6 heteroatoms. The zero-order valence-electron chi connectivity index (χ0n) is 12.7. The third kappa shape index (κ3) is 6.35. The van der Waals surface area contributed by atoms with E-state index in [0.29, 0.717) is 12.2 Å². The van der Waals surface area contributed by atoms with Crippen LogP contribution in [0.5, 0.6) is 0 Å². The predicted octanol–water partition coefficient (Wildman–Crippen LogP) is 2.85. The van der Waals surface area contributed by atoms with E-state index in [1.807, 2.05) is 26.8 Å². The summed E-state index contributed by atoms with van der Waals surface area (Å²) in [5.41, 5.74) is 2.32. The number of rotatable bonds is 7. The van der Waals surface area contributed by atoms with E-state index < -0.39 is 12.7 Å². The van der Waals surface area contributed by atoms with E-state index in [2.05, 4.69) is 5.32 Å². The number of aryl methyl sites for hydroxylation is 1. The molecular weight excluding hydrogens is 281 g/mol. The number of aliphatic hydroxyl groups excluding tert-OH is 1. The van der Waals surface area contributed by atoms with Gasteiger partial charge in [0.15, 0.2) is 0 Å². The average Bonchev–Trinajstić information content (AvgIpc) is 2.34. The van der Waals surface area contributed by atoms with Crippen molar-refractivity contribution in [2.24, 2.45) is 0 Å². The first-order chi connectivity index (χ1) is 9.73. The second-order valence-corrected chi connectivity index (χ2v) is 5.43. The fraction of sp³-hybridized carbons (Fsp3) is 0.600. The molecule has 0 aliphatic rings. The minimum atomic E-state index is -4.30. The van der Waals surface area contributed by atoms with Crippen molar-refractivity contribution >= 4 is 5.69 Å². The third-order valence-corrected chi connectivity index (χ3v) is 3.02. The largest absolute Gasteiger partial charge is 0.405 e. The number of hydrogen-bond acceptors (Lipinski definition) is 3. The lowest BCUT2D eigenvalue weighted by Gasteiger charge is -2.28. The van der Waals surface area contributed by atoms with E-state index in [9.17, 15) is 13.2 Å². The lowest BCUT2D eigenvalue weighted by atomic mass is 10.1. The number of nitrogens with zero attached hydrogens (tertiary/aromatic N) is 1. The molecule has 120 valence electrons. The Kier molecular flexibility index (Phi) is 6.48. The normalized spacial score (nSPS) is 12.0. The van der Waals surface area contributed by atoms with Crippen LogP contribution in [0.2, 0.25) is 0 Å². The number of halogens is 3. The summed E-state index contributed by atoms with van der Waals surface area (Å²) in [7, 11) is 0. The zero-order valence-corrected chi connectivity index (χ0v) is 12.7. The Morgan fingerprint density at radius 3 is 2.48 bits per heavy atom. The van der Waals surface area contributed by atoms with Gasteiger partial charge in [-0.3, -0.25) is 0 Å². The number of hydrogen-bond donors (Lipinski definition) is 2. The Hall–Kier alpha value is -1.27. The molecule has 0 atom stereocenters. The van der Waals surface area contributed by atoms with Crippen LogP contribution in [0.3, 0.4) is 0 Å². The summed E-state index contributed by atoms with van der Waals surface area (Å²) >= 11 is 0. The van der Waals surface area contributed by atoms with Crippen molar-refractivity contribution in [3.8, 4) is 0 Å². The highest BCUT2D eigenvalue weighted by Gasteiger charge is 2.31. The van der Waals surface area contributed by atoms with E-state index in [1.165, 1.54) is 4.90 Å². The molecule has 1 aromatic rings. The number of aliphatic hydroxyl groups is 1. The molecular formula is C15H23F3N2O. The molecule has 0 aliphatic carbocycles. The highest BCUT2D eigenvalue weighted by atomic mass is 19.4. The Balaban J connectivity index is 3.05. The van der Waals surface area contributed by atoms with Crippen molar-refractivity contribution in [2.45, 2.75) is 39.5 Å². The lowest BCUT2D eigenvalue weighted by molar-refractivity contribution is -0.119. The van der Waals surface area contributed by atoms with Crippen molar-refractivity contribution in [1.82, 2.24) is 5.32 Å². The first-order valence-electron chi connectivity index (χ1n) is 6.98. The van der Waals surface area contributed by atoms with E-state index in [0.717, 1.165) is 11.1 Å². The van der Waals surface area contributed by atoms with Gasteiger partial charge in [0.05, 0.1) is 6.61 Å². The fourth-order valence-corrected chi connectivity index (χ4v) is 2.10. The quantitative estimate of drug-likeness (QED) is 0.813. The number of alkyl halides is 3. The van der Waals surface area contributed by atoms with Crippen LogP contribution in [0.4, 0.5) is 18.9 Å². The monoisotopic (exact) mass is 304 g/mol. The highest BCUT2D eigenvalue weighted by molar-refractivity contribution is 5.55. The van der Waals surface area contributed by atoms with Crippen LogP contribution in [-0.4, -0.2) is 37.0 Å². The Bertz CT molecular complexity index is 447. The molecule has 0 unspecified atom stereocenters. The molecule has 1 aromatic carbocycles. The Morgan fingerprint density at radius 1 is 1.29 bits per heavy atom. The second-order valence-electron chi connectivity index (χ2n) is 5.43. The molecule has 0 radical (unpaired) electrons. The molecule has 2 N–H and O–H groups in total. The van der Waals surface area contributed by atoms with Gasteiger partial charge in [0, 0.05) is 24.8 Å². The van der Waals surface area contributed by atoms with Gasteiger partial charge in [0.1, 0.15) is 6.54 Å². The summed E-state index contributed by atoms with van der Waals surface area (Å²) in [5, 5.41) is 12.3. The van der Waals surface area contributed by atoms with Gasteiger partial charge in [-0.25, -0.2) is 0 Å². The molecule has 0 fully saturated rings. The van der Waals surface area contributed by atoms with E-state index in [1.54, 1.807) is 12.1 Å². The molecule has 3 nitrogen and oxygen atoms in total. The van der Waals surface area contributed by atoms with Crippen LogP contribution in [0.15, 0.2) is 18.2 Å². The minimum absolute atomic E-state index is 0.0444. The molecule has 0 bridgehead atoms. The molecule has 0 saturated carbocycles. The maximum Gasteiger partial charge on any atom is 0.405 e. The molecule has 21 heavy (non-hydrogen) atoms. The molecule has 0 heterocycles. The van der Waals surface area contributed by atoms with Crippen LogP contribution < -0.4 is 10.2 Å². The van der Waals surface area contributed by atoms with Crippen molar-refractivity contribution in [3.63, 3.8) is 0 Å². The van der Waals surface area contributed by atoms with Crippen molar-refractivity contribution in [2.75, 3.05) is 24.6 Å². The van der Waals surface area contributed by atoms with Gasteiger partial charge in [0.25, 0.3) is 0 Å². The average molecular weight is 304 g/mol. The standard InChI is InChI=1S/C15H23F3N2O/c1-11(2)19-9-13-8-12(3)4-5-14(13)20(6-7-21)10-15(16,17)18/h4-5,8,11,19,21H,6-7,9-10H2,1-3H3. The third-order valence-electron chi connectivity index (χ3n) is 3.02. The van der Waals surface area contributed by atoms with Crippen LogP contribution >= 0.6 is 0 Å². The maximum atomic E-state index is 12.7. The Morgan fingerprint density at radius 2 is 1.95 bits per heavy atom. The summed E-state index contributed by atoms with van der Waals surface area (Å²) in [6.07, 6.45) is -4.30. The topological polar surface area (TPSA) is 35.5 Å². The fourth-order valence-electron chi connectivity index (χ4n) is 2.10. The van der Waals surface area contributed by atoms with E-state index in [4.69, 9.17) is 5.11 Å². The van der Waals surface area contributed by atoms with Crippen molar-refractivity contribution in [3.05, 3.63) is 29.3 Å². The minimum Gasteiger partial charge on any atom is -0.395 e. The van der Waals surface area contributed by atoms with E-state index in [-0.39, 0.29) is 19.2 Å². The Labute approximate surface area is 123 Å². The van der Waals surface area contributed by atoms with Crippen molar-refractivity contribution < 1.29 is 18.3 Å². The van der Waals surface area contributed by atoms with Crippen LogP contribution in [0.25, 0.3) is 0 Å². The number of anilines is 1. The SMILES string of the molecule is Cc1ccc(N(CCO)CC(F)(F)F)c(CNC(C)C)c1. The summed E-state index contributed by atoms with van der Waals surface area (Å²) < 4.78 is 38.1. The molecule has 1 rings (SSSR count). The molecule has 0 amide bonds. The molecule has 0 spiro atoms. The smallest absolute Gasteiger partial charge is 0.395 e. The van der Waals surface area contributed by atoms with Crippen molar-refractivity contribution in [1.29, 1.82) is 0 Å². The first kappa shape index (κ1) is 17.8. The lowest BCUT2D eigenvalue weighted by Crippen LogP contribution is -2.37. The predicted molar refractivity (Wildman–Crippen MR) is 78.5 cm³/mol.